The van der Waals surface area contributed by atoms with Crippen molar-refractivity contribution < 1.29 is 4.74 Å². The second-order valence-electron chi connectivity index (χ2n) is 7.50. The molecule has 0 N–H and O–H groups in total. The molecule has 0 aliphatic heterocycles. The zero-order chi connectivity index (χ0) is 14.0. The van der Waals surface area contributed by atoms with E-state index in [2.05, 4.69) is 31.2 Å². The Morgan fingerprint density at radius 3 is 2.20 bits per heavy atom. The Labute approximate surface area is 126 Å². The van der Waals surface area contributed by atoms with Crippen molar-refractivity contribution in [1.82, 2.24) is 0 Å². The molecule has 108 valence electrons. The van der Waals surface area contributed by atoms with Gasteiger partial charge in [-0.15, -0.1) is 11.6 Å². The molecular weight excluding hydrogens is 268 g/mol. The number of rotatable bonds is 2. The van der Waals surface area contributed by atoms with Crippen molar-refractivity contribution in [2.45, 2.75) is 49.3 Å². The first kappa shape index (κ1) is 13.0. The molecule has 20 heavy (non-hydrogen) atoms. The molecule has 5 rings (SSSR count). The minimum absolute atomic E-state index is 0.0485. The van der Waals surface area contributed by atoms with E-state index in [1.165, 1.54) is 37.7 Å². The van der Waals surface area contributed by atoms with Crippen LogP contribution in [-0.4, -0.2) is 12.0 Å². The molecule has 0 spiro atoms. The molecule has 0 saturated heterocycles. The first-order valence-corrected chi connectivity index (χ1v) is 8.25. The van der Waals surface area contributed by atoms with E-state index in [1.54, 1.807) is 7.11 Å². The fourth-order valence-corrected chi connectivity index (χ4v) is 5.80. The molecule has 2 heteroatoms. The third-order valence-corrected chi connectivity index (χ3v) is 7.11. The number of benzene rings is 1. The van der Waals surface area contributed by atoms with Gasteiger partial charge in [0.1, 0.15) is 5.75 Å². The number of hydrogen-bond donors (Lipinski definition) is 0. The number of halogens is 1. The Hall–Kier alpha value is -0.690. The first-order chi connectivity index (χ1) is 9.53. The fraction of sp³-hybridized carbons (Fsp3) is 0.667. The largest absolute Gasteiger partial charge is 0.497 e. The Bertz CT molecular complexity index is 501. The molecule has 0 radical (unpaired) electrons. The molecule has 0 aromatic heterocycles. The van der Waals surface area contributed by atoms with Crippen LogP contribution in [0.15, 0.2) is 24.3 Å². The minimum atomic E-state index is 0.0485. The summed E-state index contributed by atoms with van der Waals surface area (Å²) in [6, 6.07) is 8.82. The lowest BCUT2D eigenvalue weighted by atomic mass is 9.45. The first-order valence-electron chi connectivity index (χ1n) is 7.87. The summed E-state index contributed by atoms with van der Waals surface area (Å²) in [7, 11) is 1.73. The Morgan fingerprint density at radius 2 is 1.65 bits per heavy atom. The van der Waals surface area contributed by atoms with E-state index in [1.807, 2.05) is 0 Å². The third kappa shape index (κ3) is 1.68. The van der Waals surface area contributed by atoms with E-state index in [0.717, 1.165) is 11.7 Å². The van der Waals surface area contributed by atoms with Crippen LogP contribution in [0.4, 0.5) is 0 Å². The summed E-state index contributed by atoms with van der Waals surface area (Å²) in [5, 5.41) is 0. The van der Waals surface area contributed by atoms with Gasteiger partial charge in [0.15, 0.2) is 0 Å². The van der Waals surface area contributed by atoms with Crippen molar-refractivity contribution in [1.29, 1.82) is 0 Å². The molecule has 4 saturated carbocycles. The summed E-state index contributed by atoms with van der Waals surface area (Å²) >= 11 is 6.90. The lowest BCUT2D eigenvalue weighted by Gasteiger charge is -2.63. The van der Waals surface area contributed by atoms with Crippen LogP contribution in [0.3, 0.4) is 0 Å². The van der Waals surface area contributed by atoms with Crippen molar-refractivity contribution in [3.63, 3.8) is 0 Å². The number of alkyl halides is 1. The monoisotopic (exact) mass is 290 g/mol. The van der Waals surface area contributed by atoms with Gasteiger partial charge in [0.2, 0.25) is 0 Å². The van der Waals surface area contributed by atoms with Crippen LogP contribution in [-0.2, 0) is 5.41 Å². The zero-order valence-corrected chi connectivity index (χ0v) is 13.1. The smallest absolute Gasteiger partial charge is 0.118 e. The Kier molecular flexibility index (Phi) is 2.71. The summed E-state index contributed by atoms with van der Waals surface area (Å²) < 4.78 is 5.30. The lowest BCUT2D eigenvalue weighted by molar-refractivity contribution is -0.0349. The van der Waals surface area contributed by atoms with Crippen LogP contribution in [0.1, 0.15) is 44.6 Å². The molecule has 3 unspecified atom stereocenters. The highest BCUT2D eigenvalue weighted by molar-refractivity contribution is 6.24. The van der Waals surface area contributed by atoms with Gasteiger partial charge in [-0.2, -0.15) is 0 Å². The molecule has 1 aromatic carbocycles. The third-order valence-electron chi connectivity index (χ3n) is 6.49. The maximum absolute atomic E-state index is 6.90. The predicted octanol–water partition coefficient (Wildman–Crippen LogP) is 4.77. The van der Waals surface area contributed by atoms with Gasteiger partial charge in [0.25, 0.3) is 0 Å². The Balaban J connectivity index is 1.71. The normalized spacial score (nSPS) is 45.6. The highest BCUT2D eigenvalue weighted by Gasteiger charge is 2.60. The van der Waals surface area contributed by atoms with Gasteiger partial charge in [-0.3, -0.25) is 0 Å². The predicted molar refractivity (Wildman–Crippen MR) is 82.5 cm³/mol. The molecule has 4 aliphatic carbocycles. The van der Waals surface area contributed by atoms with Gasteiger partial charge in [-0.1, -0.05) is 12.1 Å². The van der Waals surface area contributed by atoms with Gasteiger partial charge in [-0.25, -0.2) is 0 Å². The fourth-order valence-electron chi connectivity index (χ4n) is 5.47. The molecular formula is C18H23ClO. The average molecular weight is 291 g/mol. The molecule has 4 bridgehead atoms. The molecule has 4 fully saturated rings. The van der Waals surface area contributed by atoms with E-state index in [9.17, 15) is 0 Å². The lowest BCUT2D eigenvalue weighted by Crippen LogP contribution is -2.58. The van der Waals surface area contributed by atoms with Crippen molar-refractivity contribution in [2.24, 2.45) is 17.8 Å². The zero-order valence-electron chi connectivity index (χ0n) is 12.4. The van der Waals surface area contributed by atoms with E-state index >= 15 is 0 Å². The standard InChI is InChI=1S/C18H23ClO/c1-17(19)14-7-12-8-15(17)11-18(9-12,10-14)13-3-5-16(20-2)6-4-13/h3-6,12,14-15H,7-11H2,1-2H3/t12?,14-,15+,17?,18?. The van der Waals surface area contributed by atoms with Gasteiger partial charge < -0.3 is 4.74 Å². The number of ether oxygens (including phenoxy) is 1. The van der Waals surface area contributed by atoms with Crippen LogP contribution < -0.4 is 4.74 Å². The number of methoxy groups -OCH3 is 1. The quantitative estimate of drug-likeness (QED) is 0.713. The molecule has 0 heterocycles. The van der Waals surface area contributed by atoms with E-state index in [4.69, 9.17) is 16.3 Å². The van der Waals surface area contributed by atoms with Gasteiger partial charge in [-0.05, 0) is 79.9 Å². The molecule has 5 atom stereocenters. The highest BCUT2D eigenvalue weighted by atomic mass is 35.5. The molecule has 1 aromatic rings. The summed E-state index contributed by atoms with van der Waals surface area (Å²) in [5.74, 6) is 3.28. The summed E-state index contributed by atoms with van der Waals surface area (Å²) in [5.41, 5.74) is 1.92. The van der Waals surface area contributed by atoms with Crippen molar-refractivity contribution in [2.75, 3.05) is 7.11 Å². The van der Waals surface area contributed by atoms with Crippen LogP contribution in [0.5, 0.6) is 5.75 Å². The number of hydrogen-bond acceptors (Lipinski definition) is 1. The second kappa shape index (κ2) is 4.16. The second-order valence-corrected chi connectivity index (χ2v) is 8.32. The van der Waals surface area contributed by atoms with Crippen LogP contribution in [0.2, 0.25) is 0 Å². The van der Waals surface area contributed by atoms with Gasteiger partial charge >= 0.3 is 0 Å². The van der Waals surface area contributed by atoms with Crippen LogP contribution >= 0.6 is 11.6 Å². The topological polar surface area (TPSA) is 9.23 Å². The SMILES string of the molecule is COc1ccc(C23CC4C[C@H](C2)C(C)(Cl)[C@@H](C4)C3)cc1. The summed E-state index contributed by atoms with van der Waals surface area (Å²) in [4.78, 5) is 0.0485. The van der Waals surface area contributed by atoms with Gasteiger partial charge in [0, 0.05) is 4.87 Å². The molecule has 1 nitrogen and oxygen atoms in total. The minimum Gasteiger partial charge on any atom is -0.497 e. The molecule has 4 aliphatic rings. The van der Waals surface area contributed by atoms with E-state index in [0.29, 0.717) is 17.3 Å². The van der Waals surface area contributed by atoms with Crippen LogP contribution in [0.25, 0.3) is 0 Å². The van der Waals surface area contributed by atoms with Crippen LogP contribution in [0, 0.1) is 17.8 Å². The summed E-state index contributed by atoms with van der Waals surface area (Å²) in [6.45, 7) is 2.30. The Morgan fingerprint density at radius 1 is 1.05 bits per heavy atom. The maximum Gasteiger partial charge on any atom is 0.118 e. The maximum atomic E-state index is 6.90. The average Bonchev–Trinajstić information content (AvgIpc) is 2.44. The van der Waals surface area contributed by atoms with Crippen molar-refractivity contribution in [3.8, 4) is 5.75 Å². The summed E-state index contributed by atoms with van der Waals surface area (Å²) in [6.07, 6.45) is 6.65. The van der Waals surface area contributed by atoms with E-state index < -0.39 is 0 Å². The highest BCUT2D eigenvalue weighted by Crippen LogP contribution is 2.65. The van der Waals surface area contributed by atoms with Crippen molar-refractivity contribution >= 4 is 11.6 Å². The molecule has 0 amide bonds. The van der Waals surface area contributed by atoms with Crippen molar-refractivity contribution in [3.05, 3.63) is 29.8 Å². The van der Waals surface area contributed by atoms with Gasteiger partial charge in [0.05, 0.1) is 7.11 Å². The van der Waals surface area contributed by atoms with E-state index in [-0.39, 0.29) is 4.87 Å².